The van der Waals surface area contributed by atoms with Gasteiger partial charge in [0.25, 0.3) is 11.8 Å². The quantitative estimate of drug-likeness (QED) is 0.517. The van der Waals surface area contributed by atoms with Crippen LogP contribution < -0.4 is 0 Å². The highest BCUT2D eigenvalue weighted by Gasteiger charge is 2.56. The minimum Gasteiger partial charge on any atom is -0.507 e. The van der Waals surface area contributed by atoms with Crippen LogP contribution >= 0.6 is 0 Å². The van der Waals surface area contributed by atoms with Crippen molar-refractivity contribution in [2.45, 2.75) is 19.8 Å². The normalized spacial score (nSPS) is 32.1. The van der Waals surface area contributed by atoms with Crippen LogP contribution in [0.3, 0.4) is 0 Å². The first-order valence-corrected chi connectivity index (χ1v) is 7.96. The van der Waals surface area contributed by atoms with Gasteiger partial charge < -0.3 is 5.11 Å². The zero-order valence-electron chi connectivity index (χ0n) is 12.8. The lowest BCUT2D eigenvalue weighted by Crippen LogP contribution is -2.38. The highest BCUT2D eigenvalue weighted by molar-refractivity contribution is 6.06. The smallest absolute Gasteiger partial charge is 0.254 e. The third-order valence-corrected chi connectivity index (χ3v) is 5.23. The first-order chi connectivity index (χ1) is 11.1. The van der Waals surface area contributed by atoms with Gasteiger partial charge in [-0.2, -0.15) is 10.1 Å². The van der Waals surface area contributed by atoms with E-state index in [9.17, 15) is 14.7 Å². The molecule has 1 saturated carbocycles. The summed E-state index contributed by atoms with van der Waals surface area (Å²) in [6.07, 6.45) is 7.50. The molecule has 1 aliphatic heterocycles. The van der Waals surface area contributed by atoms with Crippen molar-refractivity contribution in [3.8, 4) is 5.75 Å². The van der Waals surface area contributed by atoms with Crippen molar-refractivity contribution in [2.75, 3.05) is 0 Å². The Bertz CT molecular complexity index is 721. The van der Waals surface area contributed by atoms with Crippen molar-refractivity contribution >= 4 is 18.0 Å². The number of phenolic OH excluding ortho intramolecular Hbond substituents is 1. The Kier molecular flexibility index (Phi) is 3.11. The molecule has 1 aromatic rings. The number of nitrogens with zero attached hydrogens (tertiary/aromatic N) is 2. The maximum Gasteiger partial charge on any atom is 0.254 e. The van der Waals surface area contributed by atoms with Gasteiger partial charge in [0.15, 0.2) is 0 Å². The van der Waals surface area contributed by atoms with E-state index in [1.54, 1.807) is 18.2 Å². The largest absolute Gasteiger partial charge is 0.507 e. The van der Waals surface area contributed by atoms with Crippen LogP contribution in [0.15, 0.2) is 35.5 Å². The molecule has 5 heteroatoms. The molecule has 4 aliphatic rings. The lowest BCUT2D eigenvalue weighted by atomic mass is 9.63. The fourth-order valence-corrected chi connectivity index (χ4v) is 4.07. The molecular weight excluding hydrogens is 292 g/mol. The fourth-order valence-electron chi connectivity index (χ4n) is 4.07. The highest BCUT2D eigenvalue weighted by Crippen LogP contribution is 2.49. The molecule has 118 valence electrons. The molecule has 2 amide bonds. The second-order valence-electron chi connectivity index (χ2n) is 6.64. The number of rotatable bonds is 2. The number of hydrazone groups is 1. The molecule has 1 aromatic carbocycles. The van der Waals surface area contributed by atoms with Gasteiger partial charge in [-0.15, -0.1) is 0 Å². The molecule has 0 aromatic heterocycles. The van der Waals surface area contributed by atoms with E-state index in [1.807, 2.05) is 6.92 Å². The van der Waals surface area contributed by atoms with E-state index >= 15 is 0 Å². The summed E-state index contributed by atoms with van der Waals surface area (Å²) in [5.74, 6) is -0.519. The number of carbonyl (C=O) groups excluding carboxylic acids is 2. The van der Waals surface area contributed by atoms with Crippen molar-refractivity contribution in [3.05, 3.63) is 41.5 Å². The molecule has 4 atom stereocenters. The molecule has 0 spiro atoms. The summed E-state index contributed by atoms with van der Waals surface area (Å²) in [6, 6.07) is 5.13. The Morgan fingerprint density at radius 1 is 1.13 bits per heavy atom. The van der Waals surface area contributed by atoms with Gasteiger partial charge in [0.2, 0.25) is 0 Å². The van der Waals surface area contributed by atoms with Crippen LogP contribution in [0.4, 0.5) is 0 Å². The Balaban J connectivity index is 1.63. The van der Waals surface area contributed by atoms with Crippen LogP contribution in [0.5, 0.6) is 5.75 Å². The van der Waals surface area contributed by atoms with E-state index in [0.717, 1.165) is 23.4 Å². The summed E-state index contributed by atoms with van der Waals surface area (Å²) < 4.78 is 0. The lowest BCUT2D eigenvalue weighted by Gasteiger charge is -2.37. The number of fused-ring (bicyclic) bond motifs is 1. The predicted molar refractivity (Wildman–Crippen MR) is 84.6 cm³/mol. The van der Waals surface area contributed by atoms with Crippen molar-refractivity contribution in [3.63, 3.8) is 0 Å². The maximum absolute atomic E-state index is 12.6. The molecule has 1 heterocycles. The van der Waals surface area contributed by atoms with Gasteiger partial charge in [-0.3, -0.25) is 9.59 Å². The van der Waals surface area contributed by atoms with Crippen LogP contribution in [0.1, 0.15) is 24.0 Å². The SMILES string of the molecule is Cc1ccc(O)c(/C=N\N2C(=O)[C@@H]3[C@@H](C2=O)[C@H]2C=C[C@H]3CC2)c1. The topological polar surface area (TPSA) is 70.0 Å². The number of phenols is 1. The molecular formula is C18H18N2O3. The predicted octanol–water partition coefficient (Wildman–Crippen LogP) is 2.23. The van der Waals surface area contributed by atoms with Crippen LogP contribution in [0, 0.1) is 30.6 Å². The second kappa shape index (κ2) is 5.05. The Labute approximate surface area is 134 Å². The molecule has 0 unspecified atom stereocenters. The van der Waals surface area contributed by atoms with E-state index in [0.29, 0.717) is 5.56 Å². The van der Waals surface area contributed by atoms with E-state index in [-0.39, 0.29) is 41.2 Å². The van der Waals surface area contributed by atoms with Gasteiger partial charge in [0.1, 0.15) is 5.75 Å². The van der Waals surface area contributed by atoms with Crippen molar-refractivity contribution in [1.82, 2.24) is 5.01 Å². The van der Waals surface area contributed by atoms with Gasteiger partial charge in [-0.25, -0.2) is 0 Å². The Morgan fingerprint density at radius 3 is 2.30 bits per heavy atom. The molecule has 3 aliphatic carbocycles. The molecule has 5 rings (SSSR count). The molecule has 2 bridgehead atoms. The van der Waals surface area contributed by atoms with Crippen molar-refractivity contribution in [1.29, 1.82) is 0 Å². The van der Waals surface area contributed by atoms with E-state index in [4.69, 9.17) is 0 Å². The number of amides is 2. The van der Waals surface area contributed by atoms with Crippen molar-refractivity contribution in [2.24, 2.45) is 28.8 Å². The standard InChI is InChI=1S/C18H18N2O3/c1-10-2-7-14(21)13(8-10)9-19-20-17(22)15-11-3-4-12(6-5-11)16(15)18(20)23/h2-4,7-9,11-12,15-16,21H,5-6H2,1H3/b19-9-/t11-,12-,15-,16-/m0/s1. The summed E-state index contributed by atoms with van der Waals surface area (Å²) >= 11 is 0. The summed E-state index contributed by atoms with van der Waals surface area (Å²) in [7, 11) is 0. The van der Waals surface area contributed by atoms with Crippen molar-refractivity contribution < 1.29 is 14.7 Å². The molecule has 0 radical (unpaired) electrons. The van der Waals surface area contributed by atoms with Gasteiger partial charge >= 0.3 is 0 Å². The van der Waals surface area contributed by atoms with Crippen LogP contribution in [-0.2, 0) is 9.59 Å². The second-order valence-corrected chi connectivity index (χ2v) is 6.64. The summed E-state index contributed by atoms with van der Waals surface area (Å²) in [6.45, 7) is 1.90. The highest BCUT2D eigenvalue weighted by atomic mass is 16.3. The van der Waals surface area contributed by atoms with Gasteiger partial charge in [-0.05, 0) is 43.7 Å². The minimum atomic E-state index is -0.255. The van der Waals surface area contributed by atoms with E-state index < -0.39 is 0 Å². The van der Waals surface area contributed by atoms with E-state index in [1.165, 1.54) is 6.21 Å². The minimum absolute atomic E-state index is 0.0811. The number of hydrogen-bond donors (Lipinski definition) is 1. The number of hydrogen-bond acceptors (Lipinski definition) is 4. The third kappa shape index (κ3) is 2.11. The number of allylic oxidation sites excluding steroid dienone is 2. The Hall–Kier alpha value is -2.43. The van der Waals surface area contributed by atoms with Gasteiger partial charge in [-0.1, -0.05) is 23.8 Å². The number of imide groups is 1. The Morgan fingerprint density at radius 2 is 1.74 bits per heavy atom. The first kappa shape index (κ1) is 14.2. The average Bonchev–Trinajstić information content (AvgIpc) is 2.83. The summed E-state index contributed by atoms with van der Waals surface area (Å²) in [5.41, 5.74) is 1.47. The molecule has 2 fully saturated rings. The van der Waals surface area contributed by atoms with Crippen LogP contribution in [0.25, 0.3) is 0 Å². The molecule has 1 N–H and O–H groups in total. The summed E-state index contributed by atoms with van der Waals surface area (Å²) in [5, 5.41) is 15.0. The first-order valence-electron chi connectivity index (χ1n) is 7.96. The van der Waals surface area contributed by atoms with Crippen LogP contribution in [0.2, 0.25) is 0 Å². The lowest BCUT2D eigenvalue weighted by molar-refractivity contribution is -0.140. The molecule has 1 saturated heterocycles. The van der Waals surface area contributed by atoms with Gasteiger partial charge in [0.05, 0.1) is 18.1 Å². The third-order valence-electron chi connectivity index (χ3n) is 5.23. The molecule has 5 nitrogen and oxygen atoms in total. The number of benzene rings is 1. The summed E-state index contributed by atoms with van der Waals surface area (Å²) in [4.78, 5) is 25.2. The maximum atomic E-state index is 12.6. The number of aromatic hydroxyl groups is 1. The van der Waals surface area contributed by atoms with Crippen LogP contribution in [-0.4, -0.2) is 28.1 Å². The van der Waals surface area contributed by atoms with E-state index in [2.05, 4.69) is 17.3 Å². The van der Waals surface area contributed by atoms with Gasteiger partial charge in [0, 0.05) is 5.56 Å². The average molecular weight is 310 g/mol. The molecule has 23 heavy (non-hydrogen) atoms. The zero-order chi connectivity index (χ0) is 16.1. The number of carbonyl (C=O) groups is 2. The fraction of sp³-hybridized carbons (Fsp3) is 0.389. The zero-order valence-corrected chi connectivity index (χ0v) is 12.8. The number of aryl methyl sites for hydroxylation is 1. The monoisotopic (exact) mass is 310 g/mol.